The highest BCUT2D eigenvalue weighted by molar-refractivity contribution is 6.11. The summed E-state index contributed by atoms with van der Waals surface area (Å²) < 4.78 is 0. The number of nitrogens with one attached hydrogen (secondary N) is 1. The Morgan fingerprint density at radius 1 is 1.56 bits per heavy atom. The van der Waals surface area contributed by atoms with Crippen molar-refractivity contribution in [1.82, 2.24) is 0 Å². The lowest BCUT2D eigenvalue weighted by atomic mass is 10.2. The van der Waals surface area contributed by atoms with Gasteiger partial charge in [0.05, 0.1) is 5.57 Å². The van der Waals surface area contributed by atoms with Crippen molar-refractivity contribution in [3.63, 3.8) is 0 Å². The highest BCUT2D eigenvalue weighted by atomic mass is 16.1. The van der Waals surface area contributed by atoms with Gasteiger partial charge >= 0.3 is 0 Å². The van der Waals surface area contributed by atoms with Crippen LogP contribution in [0.2, 0.25) is 0 Å². The molecule has 0 heterocycles. The van der Waals surface area contributed by atoms with Crippen molar-refractivity contribution < 1.29 is 4.79 Å². The number of rotatable bonds is 2. The molecular weight excluding hydrogens is 118 g/mol. The second kappa shape index (κ2) is 2.86. The summed E-state index contributed by atoms with van der Waals surface area (Å²) in [7, 11) is 0. The topological polar surface area (TPSA) is 93.0 Å². The van der Waals surface area contributed by atoms with Gasteiger partial charge in [0.15, 0.2) is 0 Å². The van der Waals surface area contributed by atoms with Crippen LogP contribution >= 0.6 is 0 Å². The van der Waals surface area contributed by atoms with Crippen molar-refractivity contribution in [2.24, 2.45) is 11.5 Å². The van der Waals surface area contributed by atoms with Gasteiger partial charge < -0.3 is 16.9 Å². The van der Waals surface area contributed by atoms with Gasteiger partial charge in [0.1, 0.15) is 0 Å². The van der Waals surface area contributed by atoms with E-state index in [1.165, 1.54) is 6.92 Å². The maximum atomic E-state index is 10.3. The van der Waals surface area contributed by atoms with Gasteiger partial charge in [-0.15, -0.1) is 0 Å². The number of allylic oxidation sites excluding steroid dienone is 1. The largest absolute Gasteiger partial charge is 0.402 e. The Morgan fingerprint density at radius 2 is 2.00 bits per heavy atom. The number of hydrogen-bond donors (Lipinski definition) is 3. The van der Waals surface area contributed by atoms with Crippen molar-refractivity contribution in [3.8, 4) is 0 Å². The summed E-state index contributed by atoms with van der Waals surface area (Å²) in [5.41, 5.74) is 10.3. The van der Waals surface area contributed by atoms with E-state index in [0.29, 0.717) is 0 Å². The molecule has 0 bridgehead atoms. The fraction of sp³-hybridized carbons (Fsp3) is 0.200. The average Bonchev–Trinajstić information content (AvgIpc) is 1.64. The third-order valence-electron chi connectivity index (χ3n) is 0.835. The summed E-state index contributed by atoms with van der Waals surface area (Å²) in [6.45, 7) is 1.52. The number of carbonyl (C=O) groups excluding carboxylic acids is 1. The standard InChI is InChI=1S/C5H9N3O/c1-3(7)4(2-6)5(8)9/h2,6H,7H2,1H3,(H2,8,9)/b4-3-,6-2?. The van der Waals surface area contributed by atoms with E-state index in [4.69, 9.17) is 16.9 Å². The molecule has 0 aliphatic carbocycles. The number of primary amides is 1. The lowest BCUT2D eigenvalue weighted by molar-refractivity contribution is -0.114. The molecule has 0 atom stereocenters. The third kappa shape index (κ3) is 1.94. The predicted octanol–water partition coefficient (Wildman–Crippen LogP) is -0.646. The number of nitrogens with two attached hydrogens (primary N) is 2. The fourth-order valence-electron chi connectivity index (χ4n) is 0.379. The minimum absolute atomic E-state index is 0.0648. The van der Waals surface area contributed by atoms with Crippen LogP contribution in [0.5, 0.6) is 0 Å². The Morgan fingerprint density at radius 3 is 2.00 bits per heavy atom. The molecule has 9 heavy (non-hydrogen) atoms. The number of hydrogen-bond acceptors (Lipinski definition) is 3. The molecule has 0 unspecified atom stereocenters. The van der Waals surface area contributed by atoms with Crippen LogP contribution in [0, 0.1) is 5.41 Å². The molecule has 0 radical (unpaired) electrons. The van der Waals surface area contributed by atoms with E-state index in [0.717, 1.165) is 6.21 Å². The lowest BCUT2D eigenvalue weighted by Gasteiger charge is -1.94. The first-order chi connectivity index (χ1) is 4.09. The Labute approximate surface area is 53.0 Å². The molecule has 0 saturated carbocycles. The first-order valence-corrected chi connectivity index (χ1v) is 2.36. The molecule has 0 aliphatic rings. The molecule has 0 fully saturated rings. The van der Waals surface area contributed by atoms with E-state index < -0.39 is 5.91 Å². The first-order valence-electron chi connectivity index (χ1n) is 2.36. The number of amides is 1. The maximum absolute atomic E-state index is 10.3. The molecule has 0 aromatic carbocycles. The smallest absolute Gasteiger partial charge is 0.251 e. The highest BCUT2D eigenvalue weighted by Crippen LogP contribution is 1.91. The van der Waals surface area contributed by atoms with Crippen LogP contribution in [0.25, 0.3) is 0 Å². The third-order valence-corrected chi connectivity index (χ3v) is 0.835. The zero-order valence-electron chi connectivity index (χ0n) is 5.14. The molecule has 0 rings (SSSR count). The molecule has 50 valence electrons. The van der Waals surface area contributed by atoms with Crippen molar-refractivity contribution in [1.29, 1.82) is 5.41 Å². The molecule has 0 aromatic heterocycles. The van der Waals surface area contributed by atoms with Gasteiger partial charge in [-0.05, 0) is 6.92 Å². The van der Waals surface area contributed by atoms with Crippen molar-refractivity contribution >= 4 is 12.1 Å². The summed E-state index contributed by atoms with van der Waals surface area (Å²) in [5, 5.41) is 6.66. The predicted molar refractivity (Wildman–Crippen MR) is 34.9 cm³/mol. The second-order valence-electron chi connectivity index (χ2n) is 1.61. The van der Waals surface area contributed by atoms with E-state index in [1.54, 1.807) is 0 Å². The Balaban J connectivity index is 4.55. The minimum atomic E-state index is -0.662. The molecule has 0 aliphatic heterocycles. The van der Waals surface area contributed by atoms with Crippen LogP contribution in [0.4, 0.5) is 0 Å². The van der Waals surface area contributed by atoms with Crippen LogP contribution in [0.1, 0.15) is 6.92 Å². The second-order valence-corrected chi connectivity index (χ2v) is 1.61. The molecule has 0 aromatic rings. The van der Waals surface area contributed by atoms with E-state index >= 15 is 0 Å². The molecule has 4 nitrogen and oxygen atoms in total. The molecule has 5 N–H and O–H groups in total. The minimum Gasteiger partial charge on any atom is -0.402 e. The quantitative estimate of drug-likeness (QED) is 0.340. The summed E-state index contributed by atoms with van der Waals surface area (Å²) in [6, 6.07) is 0. The lowest BCUT2D eigenvalue weighted by Crippen LogP contribution is -2.18. The zero-order chi connectivity index (χ0) is 7.44. The van der Waals surface area contributed by atoms with E-state index in [9.17, 15) is 4.79 Å². The maximum Gasteiger partial charge on any atom is 0.251 e. The molecule has 4 heteroatoms. The summed E-state index contributed by atoms with van der Waals surface area (Å²) >= 11 is 0. The van der Waals surface area contributed by atoms with Gasteiger partial charge in [-0.1, -0.05) is 0 Å². The average molecular weight is 127 g/mol. The van der Waals surface area contributed by atoms with Crippen LogP contribution in [0.3, 0.4) is 0 Å². The zero-order valence-corrected chi connectivity index (χ0v) is 5.14. The van der Waals surface area contributed by atoms with Crippen LogP contribution in [-0.2, 0) is 4.79 Å². The fourth-order valence-corrected chi connectivity index (χ4v) is 0.379. The molecule has 0 saturated heterocycles. The van der Waals surface area contributed by atoms with Gasteiger partial charge in [0.25, 0.3) is 5.91 Å². The van der Waals surface area contributed by atoms with Gasteiger partial charge in [-0.2, -0.15) is 0 Å². The van der Waals surface area contributed by atoms with Crippen molar-refractivity contribution in [3.05, 3.63) is 11.3 Å². The van der Waals surface area contributed by atoms with Crippen LogP contribution < -0.4 is 11.5 Å². The Hall–Kier alpha value is -1.32. The van der Waals surface area contributed by atoms with Gasteiger partial charge in [0.2, 0.25) is 0 Å². The van der Waals surface area contributed by atoms with Crippen LogP contribution in [0.15, 0.2) is 11.3 Å². The molecule has 1 amide bonds. The SMILES string of the molecule is C/C(N)=C(\C=N)C(N)=O. The summed E-state index contributed by atoms with van der Waals surface area (Å²) in [6.07, 6.45) is 0.845. The van der Waals surface area contributed by atoms with Crippen molar-refractivity contribution in [2.75, 3.05) is 0 Å². The van der Waals surface area contributed by atoms with Gasteiger partial charge in [-0.3, -0.25) is 4.79 Å². The molecule has 0 spiro atoms. The van der Waals surface area contributed by atoms with E-state index in [2.05, 4.69) is 0 Å². The Kier molecular flexibility index (Phi) is 2.44. The first kappa shape index (κ1) is 7.68. The molecular formula is C5H9N3O. The van der Waals surface area contributed by atoms with Gasteiger partial charge in [-0.25, -0.2) is 0 Å². The van der Waals surface area contributed by atoms with Crippen LogP contribution in [-0.4, -0.2) is 12.1 Å². The Bertz CT molecular complexity index is 167. The van der Waals surface area contributed by atoms with Crippen molar-refractivity contribution in [2.45, 2.75) is 6.92 Å². The summed E-state index contributed by atoms with van der Waals surface area (Å²) in [5.74, 6) is -0.662. The normalized spacial score (nSPS) is 12.1. The highest BCUT2D eigenvalue weighted by Gasteiger charge is 2.01. The number of carbonyl (C=O) groups is 1. The van der Waals surface area contributed by atoms with Gasteiger partial charge in [0, 0.05) is 11.9 Å². The monoisotopic (exact) mass is 127 g/mol. The van der Waals surface area contributed by atoms with E-state index in [1.807, 2.05) is 0 Å². The van der Waals surface area contributed by atoms with E-state index in [-0.39, 0.29) is 11.3 Å². The summed E-state index contributed by atoms with van der Waals surface area (Å²) in [4.78, 5) is 10.3.